The Hall–Kier alpha value is -2.84. The van der Waals surface area contributed by atoms with Crippen LogP contribution in [0.4, 0.5) is 5.82 Å². The molecule has 1 saturated heterocycles. The van der Waals surface area contributed by atoms with Crippen molar-refractivity contribution in [2.75, 3.05) is 37.7 Å². The average molecular weight is 475 g/mol. The van der Waals surface area contributed by atoms with E-state index >= 15 is 0 Å². The number of piperazine rings is 1. The van der Waals surface area contributed by atoms with E-state index in [2.05, 4.69) is 9.88 Å². The van der Waals surface area contributed by atoms with Crippen molar-refractivity contribution in [2.24, 2.45) is 5.92 Å². The number of hydrogen-bond acceptors (Lipinski definition) is 6. The fourth-order valence-electron chi connectivity index (χ4n) is 4.02. The van der Waals surface area contributed by atoms with Gasteiger partial charge in [-0.15, -0.1) is 0 Å². The first-order valence-electron chi connectivity index (χ1n) is 11.3. The number of anilines is 1. The molecule has 0 unspecified atom stereocenters. The fourth-order valence-corrected chi connectivity index (χ4v) is 4.13. The second-order valence-electron chi connectivity index (χ2n) is 8.05. The minimum atomic E-state index is -0.543. The van der Waals surface area contributed by atoms with E-state index in [-0.39, 0.29) is 12.3 Å². The van der Waals surface area contributed by atoms with E-state index < -0.39 is 11.8 Å². The van der Waals surface area contributed by atoms with Crippen LogP contribution in [0.25, 0.3) is 0 Å². The molecule has 2 N–H and O–H groups in total. The number of ether oxygens (including phenoxy) is 1. The minimum Gasteiger partial charge on any atom is -0.494 e. The molecule has 9 heteroatoms. The molecule has 1 aromatic heterocycles. The van der Waals surface area contributed by atoms with E-state index in [1.54, 1.807) is 22.6 Å². The van der Waals surface area contributed by atoms with Crippen LogP contribution in [0.2, 0.25) is 5.02 Å². The van der Waals surface area contributed by atoms with Crippen LogP contribution in [0.15, 0.2) is 42.6 Å². The predicted molar refractivity (Wildman–Crippen MR) is 127 cm³/mol. The van der Waals surface area contributed by atoms with Crippen LogP contribution in [0.5, 0.6) is 5.75 Å². The van der Waals surface area contributed by atoms with Crippen molar-refractivity contribution in [3.05, 3.63) is 53.2 Å². The van der Waals surface area contributed by atoms with E-state index in [1.807, 2.05) is 37.3 Å². The number of halogens is 1. The molecule has 178 valence electrons. The lowest BCUT2D eigenvalue weighted by molar-refractivity contribution is -0.141. The van der Waals surface area contributed by atoms with Gasteiger partial charge in [-0.3, -0.25) is 14.8 Å². The number of amides is 2. The number of benzene rings is 1. The number of hydroxylamine groups is 1. The first-order valence-corrected chi connectivity index (χ1v) is 11.7. The summed E-state index contributed by atoms with van der Waals surface area (Å²) in [5, 5.41) is 9.56. The summed E-state index contributed by atoms with van der Waals surface area (Å²) in [4.78, 5) is 33.3. The molecule has 0 saturated carbocycles. The molecule has 8 nitrogen and oxygen atoms in total. The molecule has 0 radical (unpaired) electrons. The SMILES string of the molecule is CCOc1ccc(CCC[C@H](CC(=O)NO)C(=O)N2CCN(c3ccc(Cl)cn3)CC2)cc1. The van der Waals surface area contributed by atoms with Gasteiger partial charge in [-0.2, -0.15) is 0 Å². The van der Waals surface area contributed by atoms with Crippen LogP contribution >= 0.6 is 11.6 Å². The molecule has 1 fully saturated rings. The summed E-state index contributed by atoms with van der Waals surface area (Å²) in [6.45, 7) is 5.00. The van der Waals surface area contributed by atoms with Gasteiger partial charge in [-0.05, 0) is 56.0 Å². The molecule has 1 aliphatic rings. The number of nitrogens with one attached hydrogen (secondary N) is 1. The molecule has 33 heavy (non-hydrogen) atoms. The van der Waals surface area contributed by atoms with Crippen molar-refractivity contribution < 1.29 is 19.5 Å². The van der Waals surface area contributed by atoms with E-state index in [1.165, 1.54) is 0 Å². The summed E-state index contributed by atoms with van der Waals surface area (Å²) >= 11 is 5.91. The van der Waals surface area contributed by atoms with Crippen molar-refractivity contribution in [3.63, 3.8) is 0 Å². The van der Waals surface area contributed by atoms with Gasteiger partial charge >= 0.3 is 0 Å². The maximum atomic E-state index is 13.2. The Morgan fingerprint density at radius 1 is 1.15 bits per heavy atom. The Morgan fingerprint density at radius 3 is 2.48 bits per heavy atom. The molecule has 1 atom stereocenters. The lowest BCUT2D eigenvalue weighted by Crippen LogP contribution is -2.51. The number of nitrogens with zero attached hydrogens (tertiary/aromatic N) is 3. The second kappa shape index (κ2) is 12.4. The zero-order valence-electron chi connectivity index (χ0n) is 18.9. The van der Waals surface area contributed by atoms with Gasteiger partial charge in [0.2, 0.25) is 11.8 Å². The van der Waals surface area contributed by atoms with Gasteiger partial charge in [0.25, 0.3) is 0 Å². The molecule has 0 spiro atoms. The van der Waals surface area contributed by atoms with Crippen LogP contribution in [0.3, 0.4) is 0 Å². The Morgan fingerprint density at radius 2 is 1.88 bits per heavy atom. The largest absolute Gasteiger partial charge is 0.494 e. The van der Waals surface area contributed by atoms with Crippen molar-refractivity contribution in [1.82, 2.24) is 15.4 Å². The zero-order chi connectivity index (χ0) is 23.6. The normalized spacial score (nSPS) is 14.6. The lowest BCUT2D eigenvalue weighted by Gasteiger charge is -2.37. The molecule has 1 aliphatic heterocycles. The summed E-state index contributed by atoms with van der Waals surface area (Å²) < 4.78 is 5.47. The van der Waals surface area contributed by atoms with Crippen molar-refractivity contribution in [1.29, 1.82) is 0 Å². The summed E-state index contributed by atoms with van der Waals surface area (Å²) in [6.07, 6.45) is 3.71. The van der Waals surface area contributed by atoms with Crippen LogP contribution in [-0.4, -0.2) is 59.7 Å². The number of carbonyl (C=O) groups is 2. The highest BCUT2D eigenvalue weighted by Crippen LogP contribution is 2.21. The number of aryl methyl sites for hydroxylation is 1. The monoisotopic (exact) mass is 474 g/mol. The summed E-state index contributed by atoms with van der Waals surface area (Å²) in [7, 11) is 0. The topological polar surface area (TPSA) is 95.0 Å². The molecule has 3 rings (SSSR count). The van der Waals surface area contributed by atoms with E-state index in [0.29, 0.717) is 44.2 Å². The van der Waals surface area contributed by atoms with Gasteiger partial charge in [0.1, 0.15) is 11.6 Å². The molecule has 0 aliphatic carbocycles. The van der Waals surface area contributed by atoms with Gasteiger partial charge in [0.15, 0.2) is 0 Å². The van der Waals surface area contributed by atoms with E-state index in [9.17, 15) is 9.59 Å². The predicted octanol–water partition coefficient (Wildman–Crippen LogP) is 3.32. The molecular formula is C24H31ClN4O4. The summed E-state index contributed by atoms with van der Waals surface area (Å²) in [5.41, 5.74) is 2.81. The highest BCUT2D eigenvalue weighted by Gasteiger charge is 2.29. The zero-order valence-corrected chi connectivity index (χ0v) is 19.6. The van der Waals surface area contributed by atoms with Gasteiger partial charge in [-0.1, -0.05) is 23.7 Å². The van der Waals surface area contributed by atoms with Crippen LogP contribution in [-0.2, 0) is 16.0 Å². The van der Waals surface area contributed by atoms with Crippen LogP contribution in [0.1, 0.15) is 31.7 Å². The highest BCUT2D eigenvalue weighted by molar-refractivity contribution is 6.30. The van der Waals surface area contributed by atoms with E-state index in [4.69, 9.17) is 21.5 Å². The smallest absolute Gasteiger partial charge is 0.244 e. The van der Waals surface area contributed by atoms with Crippen molar-refractivity contribution in [3.8, 4) is 5.75 Å². The van der Waals surface area contributed by atoms with Gasteiger partial charge in [0.05, 0.1) is 11.6 Å². The molecule has 0 bridgehead atoms. The summed E-state index contributed by atoms with van der Waals surface area (Å²) in [5.74, 6) is 0.604. The molecule has 2 amide bonds. The molecule has 2 aromatic rings. The van der Waals surface area contributed by atoms with Gasteiger partial charge < -0.3 is 14.5 Å². The number of hydrogen-bond donors (Lipinski definition) is 2. The third-order valence-electron chi connectivity index (χ3n) is 5.79. The average Bonchev–Trinajstić information content (AvgIpc) is 2.84. The molecular weight excluding hydrogens is 444 g/mol. The maximum absolute atomic E-state index is 13.2. The second-order valence-corrected chi connectivity index (χ2v) is 8.49. The number of aromatic nitrogens is 1. The Kier molecular flexibility index (Phi) is 9.33. The first kappa shape index (κ1) is 24.8. The highest BCUT2D eigenvalue weighted by atomic mass is 35.5. The van der Waals surface area contributed by atoms with Crippen molar-refractivity contribution in [2.45, 2.75) is 32.6 Å². The van der Waals surface area contributed by atoms with Gasteiger partial charge in [-0.25, -0.2) is 10.5 Å². The van der Waals surface area contributed by atoms with E-state index in [0.717, 1.165) is 30.0 Å². The quantitative estimate of drug-likeness (QED) is 0.405. The Balaban J connectivity index is 1.54. The molecule has 1 aromatic carbocycles. The number of rotatable bonds is 10. The van der Waals surface area contributed by atoms with Crippen LogP contribution < -0.4 is 15.1 Å². The molecule has 2 heterocycles. The fraction of sp³-hybridized carbons (Fsp3) is 0.458. The Bertz CT molecular complexity index is 900. The maximum Gasteiger partial charge on any atom is 0.244 e. The lowest BCUT2D eigenvalue weighted by atomic mass is 9.94. The third-order valence-corrected chi connectivity index (χ3v) is 6.01. The number of carbonyl (C=O) groups excluding carboxylic acids is 2. The van der Waals surface area contributed by atoms with Crippen LogP contribution in [0, 0.1) is 5.92 Å². The first-order chi connectivity index (χ1) is 16.0. The minimum absolute atomic E-state index is 0.0302. The standard InChI is InChI=1S/C24H31ClN4O4/c1-2-33-21-9-6-18(7-10-21)4-3-5-19(16-23(30)27-32)24(31)29-14-12-28(13-15-29)22-11-8-20(25)17-26-22/h6-11,17,19,32H,2-5,12-16H2,1H3,(H,27,30)/t19-/m1/s1. The van der Waals surface area contributed by atoms with Crippen molar-refractivity contribution >= 4 is 29.2 Å². The Labute approximate surface area is 199 Å². The number of pyridine rings is 1. The summed E-state index contributed by atoms with van der Waals surface area (Å²) in [6, 6.07) is 11.6. The third kappa shape index (κ3) is 7.33. The van der Waals surface area contributed by atoms with Gasteiger partial charge in [0, 0.05) is 44.7 Å².